The fourth-order valence-electron chi connectivity index (χ4n) is 1.60. The lowest BCUT2D eigenvalue weighted by Crippen LogP contribution is -2.24. The molecular formula is C16H27NO3. The number of benzene rings is 1. The Hall–Kier alpha value is -1.10. The zero-order valence-corrected chi connectivity index (χ0v) is 12.8. The van der Waals surface area contributed by atoms with Crippen LogP contribution in [0.5, 0.6) is 5.75 Å². The molecule has 0 saturated carbocycles. The first kappa shape index (κ1) is 17.0. The maximum absolute atomic E-state index is 9.79. The lowest BCUT2D eigenvalue weighted by molar-refractivity contribution is 0.00525. The Kier molecular flexibility index (Phi) is 6.99. The number of hydrogen-bond acceptors (Lipinski definition) is 4. The van der Waals surface area contributed by atoms with Gasteiger partial charge in [-0.3, -0.25) is 0 Å². The van der Waals surface area contributed by atoms with E-state index in [1.807, 2.05) is 24.3 Å². The second kappa shape index (κ2) is 8.25. The fraction of sp³-hybridized carbons (Fsp3) is 0.625. The van der Waals surface area contributed by atoms with Gasteiger partial charge >= 0.3 is 0 Å². The standard InChI is InChI=1S/C16H27NO3/c1-16(2,3)7-8-19-11-14(18)12-20-15-6-4-5-13(9-15)10-17/h4-6,9,14,18H,7-8,10-12,17H2,1-3H3. The van der Waals surface area contributed by atoms with Gasteiger partial charge in [-0.15, -0.1) is 0 Å². The van der Waals surface area contributed by atoms with Crippen molar-refractivity contribution in [1.29, 1.82) is 0 Å². The molecule has 1 atom stereocenters. The average Bonchev–Trinajstić information content (AvgIpc) is 2.40. The number of ether oxygens (including phenoxy) is 2. The molecule has 0 aliphatic heterocycles. The van der Waals surface area contributed by atoms with Crippen LogP contribution in [0.2, 0.25) is 0 Å². The summed E-state index contributed by atoms with van der Waals surface area (Å²) in [6.45, 7) is 8.16. The van der Waals surface area contributed by atoms with Crippen molar-refractivity contribution in [3.05, 3.63) is 29.8 Å². The van der Waals surface area contributed by atoms with Crippen molar-refractivity contribution in [3.8, 4) is 5.75 Å². The predicted molar refractivity (Wildman–Crippen MR) is 80.7 cm³/mol. The van der Waals surface area contributed by atoms with Gasteiger partial charge in [0, 0.05) is 13.2 Å². The third-order valence-corrected chi connectivity index (χ3v) is 2.88. The smallest absolute Gasteiger partial charge is 0.119 e. The number of nitrogens with two attached hydrogens (primary N) is 1. The van der Waals surface area contributed by atoms with Gasteiger partial charge in [-0.25, -0.2) is 0 Å². The highest BCUT2D eigenvalue weighted by molar-refractivity contribution is 5.28. The van der Waals surface area contributed by atoms with E-state index in [1.54, 1.807) is 0 Å². The van der Waals surface area contributed by atoms with Crippen LogP contribution in [0, 0.1) is 5.41 Å². The Labute approximate surface area is 121 Å². The van der Waals surface area contributed by atoms with Crippen molar-refractivity contribution in [2.24, 2.45) is 11.1 Å². The normalized spacial score (nSPS) is 13.2. The van der Waals surface area contributed by atoms with E-state index in [-0.39, 0.29) is 12.0 Å². The molecule has 0 radical (unpaired) electrons. The highest BCUT2D eigenvalue weighted by Crippen LogP contribution is 2.18. The van der Waals surface area contributed by atoms with E-state index in [2.05, 4.69) is 20.8 Å². The minimum Gasteiger partial charge on any atom is -0.491 e. The molecule has 114 valence electrons. The van der Waals surface area contributed by atoms with Crippen molar-refractivity contribution in [1.82, 2.24) is 0 Å². The van der Waals surface area contributed by atoms with Crippen molar-refractivity contribution >= 4 is 0 Å². The predicted octanol–water partition coefficient (Wildman–Crippen LogP) is 2.34. The monoisotopic (exact) mass is 281 g/mol. The van der Waals surface area contributed by atoms with Crippen molar-refractivity contribution in [2.45, 2.75) is 39.8 Å². The van der Waals surface area contributed by atoms with Crippen LogP contribution in [0.3, 0.4) is 0 Å². The molecule has 0 spiro atoms. The van der Waals surface area contributed by atoms with Crippen LogP contribution in [0.15, 0.2) is 24.3 Å². The van der Waals surface area contributed by atoms with Gasteiger partial charge in [-0.1, -0.05) is 32.9 Å². The fourth-order valence-corrected chi connectivity index (χ4v) is 1.60. The van der Waals surface area contributed by atoms with E-state index in [1.165, 1.54) is 0 Å². The molecule has 1 aromatic rings. The Morgan fingerprint density at radius 3 is 2.65 bits per heavy atom. The molecule has 0 aliphatic rings. The van der Waals surface area contributed by atoms with Crippen LogP contribution < -0.4 is 10.5 Å². The summed E-state index contributed by atoms with van der Waals surface area (Å²) in [7, 11) is 0. The van der Waals surface area contributed by atoms with Gasteiger partial charge in [-0.05, 0) is 29.5 Å². The Morgan fingerprint density at radius 2 is 2.00 bits per heavy atom. The number of aliphatic hydroxyl groups excluding tert-OH is 1. The first-order valence-electron chi connectivity index (χ1n) is 7.08. The first-order chi connectivity index (χ1) is 9.40. The lowest BCUT2D eigenvalue weighted by atomic mass is 9.93. The molecule has 4 heteroatoms. The molecule has 0 fully saturated rings. The first-order valence-corrected chi connectivity index (χ1v) is 7.08. The van der Waals surface area contributed by atoms with Crippen molar-refractivity contribution in [2.75, 3.05) is 19.8 Å². The molecule has 0 saturated heterocycles. The zero-order chi connectivity index (χ0) is 15.0. The average molecular weight is 281 g/mol. The number of aliphatic hydroxyl groups is 1. The van der Waals surface area contributed by atoms with E-state index >= 15 is 0 Å². The van der Waals surface area contributed by atoms with Gasteiger partial charge in [0.2, 0.25) is 0 Å². The molecule has 0 heterocycles. The zero-order valence-electron chi connectivity index (χ0n) is 12.8. The topological polar surface area (TPSA) is 64.7 Å². The maximum atomic E-state index is 9.79. The number of hydrogen-bond donors (Lipinski definition) is 2. The SMILES string of the molecule is CC(C)(C)CCOCC(O)COc1cccc(CN)c1. The minimum atomic E-state index is -0.614. The third kappa shape index (κ3) is 7.48. The summed E-state index contributed by atoms with van der Waals surface area (Å²) in [6, 6.07) is 7.57. The van der Waals surface area contributed by atoms with Gasteiger partial charge in [0.1, 0.15) is 18.5 Å². The highest BCUT2D eigenvalue weighted by atomic mass is 16.5. The van der Waals surface area contributed by atoms with Gasteiger partial charge < -0.3 is 20.3 Å². The molecule has 0 aromatic heterocycles. The Balaban J connectivity index is 2.20. The van der Waals surface area contributed by atoms with Gasteiger partial charge in [0.05, 0.1) is 6.61 Å². The van der Waals surface area contributed by atoms with E-state index in [0.717, 1.165) is 17.7 Å². The van der Waals surface area contributed by atoms with Crippen LogP contribution in [-0.2, 0) is 11.3 Å². The van der Waals surface area contributed by atoms with Crippen LogP contribution in [0.25, 0.3) is 0 Å². The van der Waals surface area contributed by atoms with Crippen LogP contribution in [0.4, 0.5) is 0 Å². The van der Waals surface area contributed by atoms with Crippen molar-refractivity contribution < 1.29 is 14.6 Å². The second-order valence-electron chi connectivity index (χ2n) is 6.20. The molecule has 4 nitrogen and oxygen atoms in total. The van der Waals surface area contributed by atoms with Crippen molar-refractivity contribution in [3.63, 3.8) is 0 Å². The molecule has 1 aromatic carbocycles. The molecular weight excluding hydrogens is 254 g/mol. The van der Waals surface area contributed by atoms with Crippen LogP contribution >= 0.6 is 0 Å². The summed E-state index contributed by atoms with van der Waals surface area (Å²) in [5.41, 5.74) is 6.83. The van der Waals surface area contributed by atoms with E-state index in [4.69, 9.17) is 15.2 Å². The summed E-state index contributed by atoms with van der Waals surface area (Å²) in [5.74, 6) is 0.724. The Bertz CT molecular complexity index is 388. The molecule has 20 heavy (non-hydrogen) atoms. The molecule has 0 amide bonds. The van der Waals surface area contributed by atoms with Gasteiger partial charge in [0.25, 0.3) is 0 Å². The van der Waals surface area contributed by atoms with E-state index in [9.17, 15) is 5.11 Å². The second-order valence-corrected chi connectivity index (χ2v) is 6.20. The quantitative estimate of drug-likeness (QED) is 0.718. The largest absolute Gasteiger partial charge is 0.491 e. The third-order valence-electron chi connectivity index (χ3n) is 2.88. The maximum Gasteiger partial charge on any atom is 0.119 e. The summed E-state index contributed by atoms with van der Waals surface area (Å²) in [6.07, 6.45) is 0.357. The molecule has 0 aliphatic carbocycles. The summed E-state index contributed by atoms with van der Waals surface area (Å²) >= 11 is 0. The summed E-state index contributed by atoms with van der Waals surface area (Å²) in [4.78, 5) is 0. The van der Waals surface area contributed by atoms with Gasteiger partial charge in [-0.2, -0.15) is 0 Å². The summed E-state index contributed by atoms with van der Waals surface area (Å²) in [5, 5.41) is 9.79. The molecule has 1 unspecified atom stereocenters. The minimum absolute atomic E-state index is 0.226. The molecule has 0 bridgehead atoms. The highest BCUT2D eigenvalue weighted by Gasteiger charge is 2.11. The van der Waals surface area contributed by atoms with Crippen LogP contribution in [-0.4, -0.2) is 31.0 Å². The van der Waals surface area contributed by atoms with E-state index in [0.29, 0.717) is 19.8 Å². The van der Waals surface area contributed by atoms with Gasteiger partial charge in [0.15, 0.2) is 0 Å². The summed E-state index contributed by atoms with van der Waals surface area (Å²) < 4.78 is 11.0. The lowest BCUT2D eigenvalue weighted by Gasteiger charge is -2.18. The molecule has 3 N–H and O–H groups in total. The molecule has 1 rings (SSSR count). The Morgan fingerprint density at radius 1 is 1.25 bits per heavy atom. The van der Waals surface area contributed by atoms with E-state index < -0.39 is 6.10 Å². The number of rotatable bonds is 8. The van der Waals surface area contributed by atoms with Crippen LogP contribution in [0.1, 0.15) is 32.8 Å².